The minimum atomic E-state index is -0.235. The van der Waals surface area contributed by atoms with E-state index in [4.69, 9.17) is 0 Å². The third-order valence-corrected chi connectivity index (χ3v) is 4.23. The molecule has 0 radical (unpaired) electrons. The van der Waals surface area contributed by atoms with Crippen molar-refractivity contribution in [2.45, 2.75) is 34.6 Å². The maximum atomic E-state index is 12.2. The van der Waals surface area contributed by atoms with Crippen molar-refractivity contribution < 1.29 is 4.79 Å². The van der Waals surface area contributed by atoms with Gasteiger partial charge in [0.15, 0.2) is 5.78 Å². The quantitative estimate of drug-likeness (QED) is 0.498. The highest BCUT2D eigenvalue weighted by molar-refractivity contribution is 5.95. The number of rotatable bonds is 2. The van der Waals surface area contributed by atoms with E-state index in [1.165, 1.54) is 0 Å². The van der Waals surface area contributed by atoms with E-state index < -0.39 is 0 Å². The van der Waals surface area contributed by atoms with Gasteiger partial charge in [-0.25, -0.2) is 0 Å². The SMILES string of the molecule is CC=CC(=O)C1(C)C(C)C=CC(C)C1C. The van der Waals surface area contributed by atoms with Crippen molar-refractivity contribution in [1.82, 2.24) is 0 Å². The number of allylic oxidation sites excluding steroid dienone is 4. The molecule has 0 amide bonds. The van der Waals surface area contributed by atoms with Crippen LogP contribution in [0.1, 0.15) is 34.6 Å². The van der Waals surface area contributed by atoms with Gasteiger partial charge in [0, 0.05) is 5.41 Å². The summed E-state index contributed by atoms with van der Waals surface area (Å²) in [6.07, 6.45) is 7.99. The van der Waals surface area contributed by atoms with Gasteiger partial charge < -0.3 is 0 Å². The first kappa shape index (κ1) is 12.2. The lowest BCUT2D eigenvalue weighted by atomic mass is 9.59. The fraction of sp³-hybridized carbons (Fsp3) is 0.643. The molecule has 1 aliphatic rings. The smallest absolute Gasteiger partial charge is 0.162 e. The molecular formula is C14H22O. The summed E-state index contributed by atoms with van der Waals surface area (Å²) >= 11 is 0. The standard InChI is InChI=1S/C14H22O/c1-6-7-13(15)14(5)11(3)9-8-10(2)12(14)4/h6-12H,1-5H3. The second kappa shape index (κ2) is 4.34. The zero-order valence-electron chi connectivity index (χ0n) is 10.4. The Kier molecular flexibility index (Phi) is 3.54. The Hall–Kier alpha value is -0.850. The maximum Gasteiger partial charge on any atom is 0.162 e. The van der Waals surface area contributed by atoms with Crippen molar-refractivity contribution in [1.29, 1.82) is 0 Å². The molecule has 0 bridgehead atoms. The van der Waals surface area contributed by atoms with Crippen LogP contribution in [0.15, 0.2) is 24.3 Å². The molecule has 84 valence electrons. The second-order valence-corrected chi connectivity index (χ2v) is 4.97. The molecule has 0 aromatic carbocycles. The average molecular weight is 206 g/mol. The average Bonchev–Trinajstić information content (AvgIpc) is 2.21. The monoisotopic (exact) mass is 206 g/mol. The fourth-order valence-electron chi connectivity index (χ4n) is 2.45. The van der Waals surface area contributed by atoms with E-state index in [-0.39, 0.29) is 11.2 Å². The van der Waals surface area contributed by atoms with Gasteiger partial charge in [0.1, 0.15) is 0 Å². The minimum absolute atomic E-state index is 0.235. The molecule has 15 heavy (non-hydrogen) atoms. The van der Waals surface area contributed by atoms with Crippen LogP contribution in [0.2, 0.25) is 0 Å². The van der Waals surface area contributed by atoms with Crippen LogP contribution in [0, 0.1) is 23.2 Å². The molecule has 0 aromatic rings. The van der Waals surface area contributed by atoms with E-state index in [1.807, 2.05) is 13.0 Å². The Bertz CT molecular complexity index is 300. The molecule has 0 aliphatic heterocycles. The molecule has 1 heteroatoms. The van der Waals surface area contributed by atoms with Gasteiger partial charge in [-0.1, -0.05) is 45.9 Å². The summed E-state index contributed by atoms with van der Waals surface area (Å²) in [5.74, 6) is 1.48. The number of hydrogen-bond donors (Lipinski definition) is 0. The van der Waals surface area contributed by atoms with Gasteiger partial charge in [0.05, 0.1) is 0 Å². The topological polar surface area (TPSA) is 17.1 Å². The van der Waals surface area contributed by atoms with Crippen molar-refractivity contribution >= 4 is 5.78 Å². The Morgan fingerprint density at radius 2 is 1.87 bits per heavy atom. The normalized spacial score (nSPS) is 41.0. The molecule has 1 nitrogen and oxygen atoms in total. The molecule has 0 spiro atoms. The van der Waals surface area contributed by atoms with Crippen molar-refractivity contribution in [2.75, 3.05) is 0 Å². The first-order valence-corrected chi connectivity index (χ1v) is 5.80. The zero-order valence-corrected chi connectivity index (χ0v) is 10.4. The van der Waals surface area contributed by atoms with Crippen LogP contribution in [0.4, 0.5) is 0 Å². The molecule has 0 N–H and O–H groups in total. The summed E-state index contributed by atoms with van der Waals surface area (Å²) in [5, 5.41) is 0. The van der Waals surface area contributed by atoms with Crippen molar-refractivity contribution in [3.8, 4) is 0 Å². The largest absolute Gasteiger partial charge is 0.294 e. The fourth-order valence-corrected chi connectivity index (χ4v) is 2.45. The highest BCUT2D eigenvalue weighted by Crippen LogP contribution is 2.45. The predicted octanol–water partition coefficient (Wildman–Crippen LogP) is 3.62. The molecular weight excluding hydrogens is 184 g/mol. The third-order valence-electron chi connectivity index (χ3n) is 4.23. The summed E-state index contributed by atoms with van der Waals surface area (Å²) in [4.78, 5) is 12.2. The molecule has 0 saturated carbocycles. The van der Waals surface area contributed by atoms with Crippen LogP contribution in [0.3, 0.4) is 0 Å². The molecule has 0 fully saturated rings. The Labute approximate surface area is 93.3 Å². The summed E-state index contributed by atoms with van der Waals surface area (Å²) in [6.45, 7) is 10.5. The van der Waals surface area contributed by atoms with E-state index in [9.17, 15) is 4.79 Å². The van der Waals surface area contributed by atoms with Crippen LogP contribution in [-0.4, -0.2) is 5.78 Å². The lowest BCUT2D eigenvalue weighted by Crippen LogP contribution is -2.43. The number of carbonyl (C=O) groups excluding carboxylic acids is 1. The van der Waals surface area contributed by atoms with Crippen LogP contribution in [0.5, 0.6) is 0 Å². The summed E-state index contributed by atoms with van der Waals surface area (Å²) in [5.41, 5.74) is -0.235. The number of carbonyl (C=O) groups is 1. The third kappa shape index (κ3) is 1.92. The van der Waals surface area contributed by atoms with Crippen molar-refractivity contribution in [3.05, 3.63) is 24.3 Å². The second-order valence-electron chi connectivity index (χ2n) is 4.97. The van der Waals surface area contributed by atoms with E-state index in [2.05, 4.69) is 39.8 Å². The first-order chi connectivity index (χ1) is 6.94. The molecule has 1 rings (SSSR count). The molecule has 0 aromatic heterocycles. The highest BCUT2D eigenvalue weighted by Gasteiger charge is 2.44. The van der Waals surface area contributed by atoms with Crippen LogP contribution < -0.4 is 0 Å². The van der Waals surface area contributed by atoms with Gasteiger partial charge in [-0.05, 0) is 30.8 Å². The summed E-state index contributed by atoms with van der Waals surface area (Å²) in [6, 6.07) is 0. The zero-order chi connectivity index (χ0) is 11.6. The van der Waals surface area contributed by atoms with Crippen LogP contribution >= 0.6 is 0 Å². The van der Waals surface area contributed by atoms with Gasteiger partial charge in [-0.2, -0.15) is 0 Å². The molecule has 4 atom stereocenters. The van der Waals surface area contributed by atoms with Crippen molar-refractivity contribution in [2.24, 2.45) is 23.2 Å². The van der Waals surface area contributed by atoms with Crippen LogP contribution in [-0.2, 0) is 4.79 Å². The summed E-state index contributed by atoms with van der Waals surface area (Å²) < 4.78 is 0. The minimum Gasteiger partial charge on any atom is -0.294 e. The van der Waals surface area contributed by atoms with E-state index in [0.717, 1.165) is 0 Å². The number of hydrogen-bond acceptors (Lipinski definition) is 1. The van der Waals surface area contributed by atoms with Gasteiger partial charge in [-0.3, -0.25) is 4.79 Å². The lowest BCUT2D eigenvalue weighted by Gasteiger charge is -2.43. The molecule has 0 heterocycles. The summed E-state index contributed by atoms with van der Waals surface area (Å²) in [7, 11) is 0. The van der Waals surface area contributed by atoms with Gasteiger partial charge in [0.2, 0.25) is 0 Å². The Morgan fingerprint density at radius 1 is 1.27 bits per heavy atom. The van der Waals surface area contributed by atoms with Crippen LogP contribution in [0.25, 0.3) is 0 Å². The van der Waals surface area contributed by atoms with E-state index in [1.54, 1.807) is 6.08 Å². The lowest BCUT2D eigenvalue weighted by molar-refractivity contribution is -0.129. The van der Waals surface area contributed by atoms with Gasteiger partial charge in [-0.15, -0.1) is 0 Å². The van der Waals surface area contributed by atoms with E-state index >= 15 is 0 Å². The molecule has 0 saturated heterocycles. The highest BCUT2D eigenvalue weighted by atomic mass is 16.1. The van der Waals surface area contributed by atoms with E-state index in [0.29, 0.717) is 17.8 Å². The predicted molar refractivity (Wildman–Crippen MR) is 64.6 cm³/mol. The first-order valence-electron chi connectivity index (χ1n) is 5.80. The molecule has 4 unspecified atom stereocenters. The number of ketones is 1. The van der Waals surface area contributed by atoms with Gasteiger partial charge >= 0.3 is 0 Å². The van der Waals surface area contributed by atoms with Gasteiger partial charge in [0.25, 0.3) is 0 Å². The Morgan fingerprint density at radius 3 is 2.40 bits per heavy atom. The maximum absolute atomic E-state index is 12.2. The van der Waals surface area contributed by atoms with Crippen molar-refractivity contribution in [3.63, 3.8) is 0 Å². The molecule has 1 aliphatic carbocycles. The Balaban J connectivity index is 3.08.